The lowest BCUT2D eigenvalue weighted by molar-refractivity contribution is -0.171. The number of ether oxygens (including phenoxy) is 1. The summed E-state index contributed by atoms with van der Waals surface area (Å²) in [6.07, 6.45) is -1.96. The summed E-state index contributed by atoms with van der Waals surface area (Å²) in [5.41, 5.74) is -0.771. The summed E-state index contributed by atoms with van der Waals surface area (Å²) in [6.45, 7) is -3.22. The molecule has 1 aliphatic carbocycles. The molecule has 36 heavy (non-hydrogen) atoms. The van der Waals surface area contributed by atoms with Crippen LogP contribution in [0, 0.1) is 0 Å². The highest BCUT2D eigenvalue weighted by Crippen LogP contribution is 2.31. The van der Waals surface area contributed by atoms with E-state index in [0.717, 1.165) is 16.7 Å². The maximum absolute atomic E-state index is 13.0. The molecule has 2 atom stereocenters. The molecular formula is C22H23F5N6O3. The van der Waals surface area contributed by atoms with Crippen molar-refractivity contribution in [2.24, 2.45) is 7.05 Å². The van der Waals surface area contributed by atoms with E-state index in [0.29, 0.717) is 24.9 Å². The molecule has 14 heteroatoms. The number of halogens is 5. The SMILES string of the molecule is Cn1nc(Nc2ccc(C(F)(F)F)cc2)c2ncn(CC(=O)N[C@@H]3CCC[C@@H](OC(F)F)C3)c(=O)c21. The van der Waals surface area contributed by atoms with Crippen molar-refractivity contribution in [1.29, 1.82) is 0 Å². The minimum atomic E-state index is -4.46. The van der Waals surface area contributed by atoms with Gasteiger partial charge < -0.3 is 15.4 Å². The highest BCUT2D eigenvalue weighted by molar-refractivity contribution is 5.87. The Labute approximate surface area is 201 Å². The predicted molar refractivity (Wildman–Crippen MR) is 119 cm³/mol. The van der Waals surface area contributed by atoms with Crippen LogP contribution in [0.4, 0.5) is 33.5 Å². The number of hydrogen-bond acceptors (Lipinski definition) is 6. The van der Waals surface area contributed by atoms with Crippen molar-refractivity contribution in [3.05, 3.63) is 46.5 Å². The molecule has 0 saturated heterocycles. The quantitative estimate of drug-likeness (QED) is 0.468. The summed E-state index contributed by atoms with van der Waals surface area (Å²) in [5, 5.41) is 9.79. The van der Waals surface area contributed by atoms with Gasteiger partial charge in [-0.2, -0.15) is 27.1 Å². The number of benzene rings is 1. The molecule has 2 N–H and O–H groups in total. The Morgan fingerprint density at radius 3 is 2.61 bits per heavy atom. The van der Waals surface area contributed by atoms with Crippen LogP contribution in [-0.2, 0) is 29.3 Å². The summed E-state index contributed by atoms with van der Waals surface area (Å²) in [5.74, 6) is -0.320. The molecule has 0 aliphatic heterocycles. The van der Waals surface area contributed by atoms with Gasteiger partial charge in [0, 0.05) is 18.8 Å². The average molecular weight is 514 g/mol. The van der Waals surface area contributed by atoms with Crippen molar-refractivity contribution >= 4 is 28.4 Å². The van der Waals surface area contributed by atoms with Crippen LogP contribution in [0.3, 0.4) is 0 Å². The molecule has 0 unspecified atom stereocenters. The second-order valence-corrected chi connectivity index (χ2v) is 8.50. The van der Waals surface area contributed by atoms with E-state index in [9.17, 15) is 31.5 Å². The number of amides is 1. The summed E-state index contributed by atoms with van der Waals surface area (Å²) >= 11 is 0. The van der Waals surface area contributed by atoms with Gasteiger partial charge >= 0.3 is 12.8 Å². The third-order valence-electron chi connectivity index (χ3n) is 5.89. The molecule has 1 aromatic carbocycles. The Hall–Kier alpha value is -3.55. The second-order valence-electron chi connectivity index (χ2n) is 8.50. The second kappa shape index (κ2) is 10.2. The minimum absolute atomic E-state index is 0.0859. The van der Waals surface area contributed by atoms with Crippen molar-refractivity contribution < 1.29 is 31.5 Å². The fraction of sp³-hybridized carbons (Fsp3) is 0.455. The number of aryl methyl sites for hydroxylation is 1. The number of carbonyl (C=O) groups is 1. The Morgan fingerprint density at radius 2 is 1.94 bits per heavy atom. The third-order valence-corrected chi connectivity index (χ3v) is 5.89. The van der Waals surface area contributed by atoms with E-state index in [4.69, 9.17) is 0 Å². The summed E-state index contributed by atoms with van der Waals surface area (Å²) in [6, 6.07) is 3.95. The van der Waals surface area contributed by atoms with Crippen LogP contribution < -0.4 is 16.2 Å². The van der Waals surface area contributed by atoms with E-state index in [-0.39, 0.29) is 35.9 Å². The monoisotopic (exact) mass is 514 g/mol. The molecule has 9 nitrogen and oxygen atoms in total. The molecule has 2 aromatic heterocycles. The first-order valence-corrected chi connectivity index (χ1v) is 11.1. The first-order valence-electron chi connectivity index (χ1n) is 11.1. The number of hydrogen-bond donors (Lipinski definition) is 2. The number of fused-ring (bicyclic) bond motifs is 1. The number of aromatic nitrogens is 4. The van der Waals surface area contributed by atoms with Crippen molar-refractivity contribution in [2.45, 2.75) is 57.2 Å². The maximum atomic E-state index is 13.0. The van der Waals surface area contributed by atoms with Crippen LogP contribution in [0.1, 0.15) is 31.2 Å². The van der Waals surface area contributed by atoms with Gasteiger partial charge in [0.25, 0.3) is 5.56 Å². The number of anilines is 2. The van der Waals surface area contributed by atoms with Gasteiger partial charge in [0.15, 0.2) is 11.3 Å². The van der Waals surface area contributed by atoms with Gasteiger partial charge in [0.05, 0.1) is 18.0 Å². The first-order chi connectivity index (χ1) is 17.0. The van der Waals surface area contributed by atoms with Crippen LogP contribution in [0.5, 0.6) is 0 Å². The lowest BCUT2D eigenvalue weighted by Crippen LogP contribution is -2.43. The number of nitrogens with one attached hydrogen (secondary N) is 2. The molecular weight excluding hydrogens is 491 g/mol. The Morgan fingerprint density at radius 1 is 1.22 bits per heavy atom. The number of nitrogens with zero attached hydrogens (tertiary/aromatic N) is 4. The molecule has 2 heterocycles. The van der Waals surface area contributed by atoms with E-state index in [1.54, 1.807) is 0 Å². The molecule has 0 radical (unpaired) electrons. The van der Waals surface area contributed by atoms with E-state index in [1.165, 1.54) is 30.2 Å². The Balaban J connectivity index is 1.46. The highest BCUT2D eigenvalue weighted by Gasteiger charge is 2.30. The van der Waals surface area contributed by atoms with Crippen LogP contribution >= 0.6 is 0 Å². The van der Waals surface area contributed by atoms with Crippen molar-refractivity contribution in [2.75, 3.05) is 5.32 Å². The van der Waals surface area contributed by atoms with Gasteiger partial charge in [-0.05, 0) is 49.9 Å². The maximum Gasteiger partial charge on any atom is 0.416 e. The van der Waals surface area contributed by atoms with E-state index in [1.807, 2.05) is 0 Å². The lowest BCUT2D eigenvalue weighted by atomic mass is 9.93. The Bertz CT molecular complexity index is 1290. The standard InChI is InChI=1S/C22H23F5N6O3/c1-32-18-17(19(31-32)30-13-7-5-12(6-8-13)22(25,26)27)28-11-33(20(18)35)10-16(34)29-14-3-2-4-15(9-14)36-21(23)24/h5-8,11,14-15,21H,2-4,9-10H2,1H3,(H,29,34)(H,30,31)/t14-,15-/m1/s1. The topological polar surface area (TPSA) is 103 Å². The van der Waals surface area contributed by atoms with Gasteiger partial charge in [-0.1, -0.05) is 0 Å². The van der Waals surface area contributed by atoms with Crippen LogP contribution in [0.15, 0.2) is 35.4 Å². The molecule has 1 aliphatic rings. The van der Waals surface area contributed by atoms with E-state index < -0.39 is 35.9 Å². The van der Waals surface area contributed by atoms with Crippen molar-refractivity contribution in [3.63, 3.8) is 0 Å². The molecule has 1 fully saturated rings. The molecule has 1 saturated carbocycles. The number of carbonyl (C=O) groups excluding carboxylic acids is 1. The molecule has 0 bridgehead atoms. The molecule has 194 valence electrons. The first kappa shape index (κ1) is 25.5. The minimum Gasteiger partial charge on any atom is -0.352 e. The van der Waals surface area contributed by atoms with Crippen LogP contribution in [0.2, 0.25) is 0 Å². The van der Waals surface area contributed by atoms with Gasteiger partial charge in [-0.15, -0.1) is 0 Å². The molecule has 1 amide bonds. The zero-order valence-corrected chi connectivity index (χ0v) is 19.1. The molecule has 4 rings (SSSR count). The molecule has 0 spiro atoms. The van der Waals surface area contributed by atoms with Gasteiger partial charge in [-0.25, -0.2) is 4.98 Å². The third kappa shape index (κ3) is 5.80. The van der Waals surface area contributed by atoms with Crippen LogP contribution in [-0.4, -0.2) is 44.0 Å². The normalized spacial score (nSPS) is 18.5. The molecule has 3 aromatic rings. The van der Waals surface area contributed by atoms with Crippen molar-refractivity contribution in [3.8, 4) is 0 Å². The highest BCUT2D eigenvalue weighted by atomic mass is 19.4. The van der Waals surface area contributed by atoms with E-state index in [2.05, 4.69) is 25.5 Å². The smallest absolute Gasteiger partial charge is 0.352 e. The zero-order valence-electron chi connectivity index (χ0n) is 19.1. The fourth-order valence-corrected chi connectivity index (χ4v) is 4.24. The Kier molecular flexibility index (Phi) is 7.24. The summed E-state index contributed by atoms with van der Waals surface area (Å²) in [7, 11) is 1.50. The average Bonchev–Trinajstić information content (AvgIpc) is 3.10. The number of alkyl halides is 5. The van der Waals surface area contributed by atoms with Gasteiger partial charge in [0.1, 0.15) is 12.1 Å². The summed E-state index contributed by atoms with van der Waals surface area (Å²) in [4.78, 5) is 29.7. The van der Waals surface area contributed by atoms with Gasteiger partial charge in [0.2, 0.25) is 5.91 Å². The predicted octanol–water partition coefficient (Wildman–Crippen LogP) is 3.56. The summed E-state index contributed by atoms with van der Waals surface area (Å²) < 4.78 is 70.2. The van der Waals surface area contributed by atoms with Gasteiger partial charge in [-0.3, -0.25) is 18.8 Å². The van der Waals surface area contributed by atoms with Crippen LogP contribution in [0.25, 0.3) is 11.0 Å². The zero-order chi connectivity index (χ0) is 26.0. The fourth-order valence-electron chi connectivity index (χ4n) is 4.24. The number of rotatable bonds is 7. The largest absolute Gasteiger partial charge is 0.416 e. The van der Waals surface area contributed by atoms with Crippen molar-refractivity contribution in [1.82, 2.24) is 24.6 Å². The lowest BCUT2D eigenvalue weighted by Gasteiger charge is -2.29. The van der Waals surface area contributed by atoms with E-state index >= 15 is 0 Å².